The molecule has 5 heteroatoms. The van der Waals surface area contributed by atoms with Gasteiger partial charge in [-0.2, -0.15) is 0 Å². The Morgan fingerprint density at radius 2 is 2.20 bits per heavy atom. The molecule has 0 unspecified atom stereocenters. The first-order valence-corrected chi connectivity index (χ1v) is 4.65. The minimum atomic E-state index is -2.92. The van der Waals surface area contributed by atoms with Crippen molar-refractivity contribution in [1.29, 1.82) is 0 Å². The predicted octanol–water partition coefficient (Wildman–Crippen LogP) is 2.10. The minimum Gasteiger partial charge on any atom is -0.357 e. The van der Waals surface area contributed by atoms with E-state index < -0.39 is 17.9 Å². The summed E-state index contributed by atoms with van der Waals surface area (Å²) in [4.78, 5) is 14.2. The molecule has 1 amide bonds. The molecule has 84 valence electrons. The third-order valence-corrected chi connectivity index (χ3v) is 2.29. The average Bonchev–Trinajstić information content (AvgIpc) is 2.49. The van der Waals surface area contributed by atoms with Crippen molar-refractivity contribution in [2.75, 3.05) is 0 Å². The fourth-order valence-electron chi connectivity index (χ4n) is 1.09. The van der Waals surface area contributed by atoms with Crippen LogP contribution in [-0.2, 0) is 0 Å². The van der Waals surface area contributed by atoms with E-state index in [4.69, 9.17) is 0 Å². The molecule has 0 aliphatic rings. The van der Waals surface area contributed by atoms with Crippen LogP contribution < -0.4 is 5.32 Å². The van der Waals surface area contributed by atoms with Crippen LogP contribution in [-0.4, -0.2) is 22.9 Å². The van der Waals surface area contributed by atoms with Crippen molar-refractivity contribution in [3.63, 3.8) is 0 Å². The Morgan fingerprint density at radius 1 is 1.60 bits per heavy atom. The second-order valence-corrected chi connectivity index (χ2v) is 3.69. The van der Waals surface area contributed by atoms with Crippen molar-refractivity contribution in [3.8, 4) is 0 Å². The van der Waals surface area contributed by atoms with Gasteiger partial charge in [0.25, 0.3) is 11.8 Å². The molecule has 1 rings (SSSR count). The molecule has 15 heavy (non-hydrogen) atoms. The number of aromatic nitrogens is 1. The third kappa shape index (κ3) is 2.78. The summed E-state index contributed by atoms with van der Waals surface area (Å²) in [5.41, 5.74) is 1.06. The second-order valence-electron chi connectivity index (χ2n) is 3.69. The molecular weight excluding hydrogens is 202 g/mol. The van der Waals surface area contributed by atoms with Gasteiger partial charge >= 0.3 is 0 Å². The van der Waals surface area contributed by atoms with Gasteiger partial charge in [-0.15, -0.1) is 0 Å². The molecule has 0 spiro atoms. The van der Waals surface area contributed by atoms with Crippen LogP contribution in [0.15, 0.2) is 12.3 Å². The predicted molar refractivity (Wildman–Crippen MR) is 53.1 cm³/mol. The Kier molecular flexibility index (Phi) is 3.12. The van der Waals surface area contributed by atoms with Crippen LogP contribution >= 0.6 is 0 Å². The number of alkyl halides is 2. The van der Waals surface area contributed by atoms with Gasteiger partial charge in [-0.3, -0.25) is 4.79 Å². The third-order valence-electron chi connectivity index (χ3n) is 2.29. The monoisotopic (exact) mass is 216 g/mol. The fraction of sp³-hybridized carbons (Fsp3) is 0.500. The van der Waals surface area contributed by atoms with Gasteiger partial charge in [-0.05, 0) is 25.5 Å². The van der Waals surface area contributed by atoms with E-state index in [1.807, 2.05) is 0 Å². The van der Waals surface area contributed by atoms with Crippen molar-refractivity contribution >= 4 is 5.91 Å². The molecule has 0 aliphatic carbocycles. The van der Waals surface area contributed by atoms with Crippen LogP contribution in [0.5, 0.6) is 0 Å². The summed E-state index contributed by atoms with van der Waals surface area (Å²) >= 11 is 0. The summed E-state index contributed by atoms with van der Waals surface area (Å²) in [5, 5.41) is 2.24. The molecule has 0 aromatic carbocycles. The first kappa shape index (κ1) is 11.7. The molecule has 0 bridgehead atoms. The molecule has 1 heterocycles. The zero-order valence-electron chi connectivity index (χ0n) is 8.90. The number of carbonyl (C=O) groups excluding carboxylic acids is 1. The van der Waals surface area contributed by atoms with Gasteiger partial charge in [0.15, 0.2) is 0 Å². The highest BCUT2D eigenvalue weighted by atomic mass is 19.3. The number of hydrogen-bond acceptors (Lipinski definition) is 1. The van der Waals surface area contributed by atoms with Crippen molar-refractivity contribution in [3.05, 3.63) is 23.5 Å². The number of halogens is 2. The lowest BCUT2D eigenvalue weighted by Crippen LogP contribution is -2.44. The smallest absolute Gasteiger partial charge is 0.268 e. The van der Waals surface area contributed by atoms with Crippen LogP contribution in [0.4, 0.5) is 8.78 Å². The van der Waals surface area contributed by atoms with Gasteiger partial charge in [0.05, 0.1) is 6.04 Å². The maximum atomic E-state index is 12.8. The number of aryl methyl sites for hydroxylation is 1. The van der Waals surface area contributed by atoms with E-state index in [9.17, 15) is 13.6 Å². The van der Waals surface area contributed by atoms with Crippen LogP contribution in [0.1, 0.15) is 29.9 Å². The number of hydrogen-bond donors (Lipinski definition) is 2. The number of aromatic amines is 1. The molecule has 0 aliphatic heterocycles. The van der Waals surface area contributed by atoms with E-state index in [0.717, 1.165) is 12.5 Å². The Labute approximate surface area is 86.9 Å². The van der Waals surface area contributed by atoms with Crippen molar-refractivity contribution in [1.82, 2.24) is 10.3 Å². The van der Waals surface area contributed by atoms with Crippen LogP contribution in [0.3, 0.4) is 0 Å². The summed E-state index contributed by atoms with van der Waals surface area (Å²) in [6, 6.07) is 0.525. The topological polar surface area (TPSA) is 44.9 Å². The summed E-state index contributed by atoms with van der Waals surface area (Å²) in [7, 11) is 0. The van der Waals surface area contributed by atoms with Gasteiger partial charge in [-0.25, -0.2) is 8.78 Å². The Morgan fingerprint density at radius 3 is 2.60 bits per heavy atom. The molecule has 1 aromatic heterocycles. The molecule has 3 nitrogen and oxygen atoms in total. The van der Waals surface area contributed by atoms with Gasteiger partial charge in [0.2, 0.25) is 0 Å². The molecule has 1 atom stereocenters. The Bertz CT molecular complexity index is 355. The molecule has 0 saturated heterocycles. The van der Waals surface area contributed by atoms with E-state index >= 15 is 0 Å². The number of nitrogens with one attached hydrogen (secondary N) is 2. The lowest BCUT2D eigenvalue weighted by atomic mass is 10.2. The SMILES string of the molecule is Cc1cc[nH]c1C(=O)N[C@@H](C)C(C)(F)F. The highest BCUT2D eigenvalue weighted by Crippen LogP contribution is 2.17. The van der Waals surface area contributed by atoms with Crippen LogP contribution in [0.25, 0.3) is 0 Å². The summed E-state index contributed by atoms with van der Waals surface area (Å²) in [6.07, 6.45) is 1.60. The standard InChI is InChI=1S/C10H14F2N2O/c1-6-4-5-13-8(6)9(15)14-7(2)10(3,11)12/h4-5,7,13H,1-3H3,(H,14,15)/t7-/m0/s1. The Balaban J connectivity index is 2.69. The molecule has 0 radical (unpaired) electrons. The van der Waals surface area contributed by atoms with Gasteiger partial charge in [0.1, 0.15) is 5.69 Å². The van der Waals surface area contributed by atoms with Crippen molar-refractivity contribution in [2.45, 2.75) is 32.7 Å². The van der Waals surface area contributed by atoms with Crippen molar-refractivity contribution in [2.24, 2.45) is 0 Å². The van der Waals surface area contributed by atoms with E-state index in [1.54, 1.807) is 19.2 Å². The number of amides is 1. The van der Waals surface area contributed by atoms with E-state index in [1.165, 1.54) is 6.92 Å². The Hall–Kier alpha value is -1.39. The summed E-state index contributed by atoms with van der Waals surface area (Å²) < 4.78 is 25.6. The fourth-order valence-corrected chi connectivity index (χ4v) is 1.09. The molecular formula is C10H14F2N2O. The quantitative estimate of drug-likeness (QED) is 0.798. The maximum absolute atomic E-state index is 12.8. The molecule has 0 fully saturated rings. The normalized spacial score (nSPS) is 13.7. The van der Waals surface area contributed by atoms with Gasteiger partial charge in [0, 0.05) is 13.1 Å². The first-order chi connectivity index (χ1) is 6.82. The number of carbonyl (C=O) groups is 1. The lowest BCUT2D eigenvalue weighted by Gasteiger charge is -2.20. The van der Waals surface area contributed by atoms with Crippen LogP contribution in [0.2, 0.25) is 0 Å². The number of H-pyrrole nitrogens is 1. The zero-order chi connectivity index (χ0) is 11.6. The maximum Gasteiger partial charge on any atom is 0.268 e. The largest absolute Gasteiger partial charge is 0.357 e. The van der Waals surface area contributed by atoms with Crippen LogP contribution in [0, 0.1) is 6.92 Å². The highest BCUT2D eigenvalue weighted by molar-refractivity contribution is 5.94. The molecule has 0 saturated carbocycles. The van der Waals surface area contributed by atoms with Crippen molar-refractivity contribution < 1.29 is 13.6 Å². The van der Waals surface area contributed by atoms with E-state index in [0.29, 0.717) is 5.69 Å². The summed E-state index contributed by atoms with van der Waals surface area (Å²) in [6.45, 7) is 3.79. The molecule has 1 aromatic rings. The highest BCUT2D eigenvalue weighted by Gasteiger charge is 2.31. The zero-order valence-corrected chi connectivity index (χ0v) is 8.90. The average molecular weight is 216 g/mol. The van der Waals surface area contributed by atoms with E-state index in [2.05, 4.69) is 10.3 Å². The molecule has 2 N–H and O–H groups in total. The first-order valence-electron chi connectivity index (χ1n) is 4.65. The van der Waals surface area contributed by atoms with Gasteiger partial charge < -0.3 is 10.3 Å². The second kappa shape index (κ2) is 4.00. The lowest BCUT2D eigenvalue weighted by molar-refractivity contribution is -0.0108. The van der Waals surface area contributed by atoms with E-state index in [-0.39, 0.29) is 0 Å². The summed E-state index contributed by atoms with van der Waals surface area (Å²) in [5.74, 6) is -3.43. The number of rotatable bonds is 3. The minimum absolute atomic E-state index is 0.325. The van der Waals surface area contributed by atoms with Gasteiger partial charge in [-0.1, -0.05) is 0 Å².